The van der Waals surface area contributed by atoms with E-state index in [1.54, 1.807) is 0 Å². The molecule has 3 heteroatoms. The summed E-state index contributed by atoms with van der Waals surface area (Å²) < 4.78 is 0. The van der Waals surface area contributed by atoms with Crippen molar-refractivity contribution in [1.29, 1.82) is 0 Å². The molecule has 0 aromatic carbocycles. The third kappa shape index (κ3) is 7.15. The molecule has 1 aliphatic carbocycles. The predicted octanol–water partition coefficient (Wildman–Crippen LogP) is 3.19. The summed E-state index contributed by atoms with van der Waals surface area (Å²) >= 11 is 6.50. The minimum atomic E-state index is 0.125. The van der Waals surface area contributed by atoms with E-state index in [4.69, 9.17) is 0 Å². The molecule has 0 unspecified atom stereocenters. The van der Waals surface area contributed by atoms with Crippen molar-refractivity contribution in [2.75, 3.05) is 0 Å². The van der Waals surface area contributed by atoms with E-state index in [9.17, 15) is 0 Å². The van der Waals surface area contributed by atoms with Crippen LogP contribution in [-0.4, -0.2) is 0 Å². The Bertz CT molecular complexity index is 78.4. The molecule has 0 radical (unpaired) electrons. The topological polar surface area (TPSA) is 0 Å². The molecule has 0 aromatic heterocycles. The van der Waals surface area contributed by atoms with Gasteiger partial charge < -0.3 is 0 Å². The first-order chi connectivity index (χ1) is 3.91. The molecule has 0 fully saturated rings. The Kier molecular flexibility index (Phi) is 9.33. The van der Waals surface area contributed by atoms with Gasteiger partial charge in [0.15, 0.2) is 0 Å². The van der Waals surface area contributed by atoms with Crippen LogP contribution in [0.4, 0.5) is 0 Å². The number of halogens is 2. The zero-order chi connectivity index (χ0) is 6.24. The van der Waals surface area contributed by atoms with Crippen molar-refractivity contribution < 1.29 is 15.0 Å². The van der Waals surface area contributed by atoms with E-state index in [0.29, 0.717) is 0 Å². The van der Waals surface area contributed by atoms with E-state index in [1.807, 2.05) is 0 Å². The van der Waals surface area contributed by atoms with Crippen LogP contribution in [0.2, 0.25) is 0 Å². The van der Waals surface area contributed by atoms with Crippen LogP contribution in [0.1, 0.15) is 6.42 Å². The third-order valence-corrected chi connectivity index (χ3v) is 0.655. The molecule has 0 atom stereocenters. The van der Waals surface area contributed by atoms with E-state index in [1.165, 1.54) is 0 Å². The van der Waals surface area contributed by atoms with Gasteiger partial charge in [-0.05, 0) is 6.42 Å². The summed E-state index contributed by atoms with van der Waals surface area (Å²) in [6.45, 7) is 0. The Morgan fingerprint density at radius 1 is 1.12 bits per heavy atom. The van der Waals surface area contributed by atoms with E-state index in [-0.39, 0.29) is 15.0 Å². The van der Waals surface area contributed by atoms with E-state index in [0.717, 1.165) is 6.42 Å². The zero-order valence-corrected chi connectivity index (χ0v) is 9.01. The Hall–Kier alpha value is 1.15. The van der Waals surface area contributed by atoms with Crippen LogP contribution >= 0.6 is 26.3 Å². The van der Waals surface area contributed by atoms with Gasteiger partial charge in [-0.2, -0.15) is 0 Å². The molecule has 0 spiro atoms. The van der Waals surface area contributed by atoms with Gasteiger partial charge in [-0.1, -0.05) is 24.3 Å². The molecule has 0 bridgehead atoms. The Morgan fingerprint density at radius 2 is 1.50 bits per heavy atom. The van der Waals surface area contributed by atoms with Crippen LogP contribution in [0.15, 0.2) is 24.3 Å². The van der Waals surface area contributed by atoms with Crippen LogP contribution in [0.3, 0.4) is 0 Å². The van der Waals surface area contributed by atoms with Gasteiger partial charge in [0.05, 0.1) is 0 Å². The van der Waals surface area contributed by atoms with Crippen molar-refractivity contribution in [3.8, 4) is 0 Å². The van der Waals surface area contributed by atoms with E-state index in [2.05, 4.69) is 50.6 Å². The van der Waals surface area contributed by atoms with Crippen LogP contribution in [0.25, 0.3) is 0 Å². The normalized spacial score (nSPS) is 12.8. The zero-order valence-electron chi connectivity index (χ0n) is 4.27. The first-order valence-electron chi connectivity index (χ1n) is 2.19. The van der Waals surface area contributed by atoms with Gasteiger partial charge in [0.2, 0.25) is 0 Å². The molecule has 0 nitrogen and oxygen atoms in total. The fourth-order valence-corrected chi connectivity index (χ4v) is 0.393. The molecule has 44 valence electrons. The third-order valence-electron chi connectivity index (χ3n) is 0.655. The van der Waals surface area contributed by atoms with Gasteiger partial charge in [-0.3, -0.25) is 0 Å². The van der Waals surface area contributed by atoms with Crippen molar-refractivity contribution in [3.63, 3.8) is 0 Å². The first-order valence-corrected chi connectivity index (χ1v) is 9.91. The first kappa shape index (κ1) is 9.15. The Balaban J connectivity index is 0.000000145. The number of hydrogen-bond donors (Lipinski definition) is 0. The standard InChI is InChI=1S/C5H6.2BrH.Ti/c1-2-4-5-3-1;;;/h1-4H,5H2;2*1H;/q;;;+2/p-2. The van der Waals surface area contributed by atoms with Crippen molar-refractivity contribution in [2.45, 2.75) is 6.42 Å². The van der Waals surface area contributed by atoms with Gasteiger partial charge >= 0.3 is 41.3 Å². The fraction of sp³-hybridized carbons (Fsp3) is 0.200. The predicted molar refractivity (Wildman–Crippen MR) is 40.8 cm³/mol. The van der Waals surface area contributed by atoms with Crippen molar-refractivity contribution >= 4 is 26.3 Å². The molecule has 0 aliphatic heterocycles. The maximum atomic E-state index is 3.19. The summed E-state index contributed by atoms with van der Waals surface area (Å²) in [5, 5.41) is 0. The summed E-state index contributed by atoms with van der Waals surface area (Å²) in [5.74, 6) is 0. The monoisotopic (exact) mass is 272 g/mol. The number of hydrogen-bond acceptors (Lipinski definition) is 0. The second kappa shape index (κ2) is 8.15. The quantitative estimate of drug-likeness (QED) is 0.595. The molecule has 8 heavy (non-hydrogen) atoms. The van der Waals surface area contributed by atoms with Crippen LogP contribution in [0.5, 0.6) is 0 Å². The molecule has 1 aliphatic rings. The SMILES string of the molecule is C1=CCC=C1.[Br][Ti][Br]. The van der Waals surface area contributed by atoms with Crippen LogP contribution in [0, 0.1) is 0 Å². The molecular weight excluding hydrogens is 268 g/mol. The summed E-state index contributed by atoms with van der Waals surface area (Å²) in [6, 6.07) is 0. The molecule has 0 saturated carbocycles. The van der Waals surface area contributed by atoms with Crippen molar-refractivity contribution in [1.82, 2.24) is 0 Å². The molecule has 0 saturated heterocycles. The van der Waals surface area contributed by atoms with E-state index < -0.39 is 0 Å². The fourth-order valence-electron chi connectivity index (χ4n) is 0.393. The summed E-state index contributed by atoms with van der Waals surface area (Å²) in [5.41, 5.74) is 0. The Morgan fingerprint density at radius 3 is 1.62 bits per heavy atom. The summed E-state index contributed by atoms with van der Waals surface area (Å²) in [6.07, 6.45) is 9.50. The van der Waals surface area contributed by atoms with Crippen molar-refractivity contribution in [3.05, 3.63) is 24.3 Å². The number of rotatable bonds is 0. The Labute approximate surface area is 71.5 Å². The average Bonchev–Trinajstić information content (AvgIpc) is 2.17. The second-order valence-electron chi connectivity index (χ2n) is 1.16. The van der Waals surface area contributed by atoms with Gasteiger partial charge in [0, 0.05) is 0 Å². The van der Waals surface area contributed by atoms with Gasteiger partial charge in [0.25, 0.3) is 0 Å². The van der Waals surface area contributed by atoms with Gasteiger partial charge in [-0.15, -0.1) is 0 Å². The molecular formula is C5H6Br2Ti. The molecule has 1 rings (SSSR count). The molecule has 0 aromatic rings. The van der Waals surface area contributed by atoms with Crippen molar-refractivity contribution in [2.24, 2.45) is 0 Å². The number of allylic oxidation sites excluding steroid dienone is 4. The van der Waals surface area contributed by atoms with E-state index >= 15 is 0 Å². The summed E-state index contributed by atoms with van der Waals surface area (Å²) in [7, 11) is 0. The van der Waals surface area contributed by atoms with Crippen LogP contribution < -0.4 is 0 Å². The molecule has 0 N–H and O–H groups in total. The average molecular weight is 274 g/mol. The van der Waals surface area contributed by atoms with Crippen LogP contribution in [-0.2, 0) is 15.0 Å². The molecule has 0 heterocycles. The van der Waals surface area contributed by atoms with Gasteiger partial charge in [0.1, 0.15) is 0 Å². The maximum absolute atomic E-state index is 3.19. The second-order valence-corrected chi connectivity index (χ2v) is 9.04. The molecule has 0 amide bonds. The van der Waals surface area contributed by atoms with Gasteiger partial charge in [-0.25, -0.2) is 0 Å². The minimum absolute atomic E-state index is 0.125. The summed E-state index contributed by atoms with van der Waals surface area (Å²) in [4.78, 5) is 0.